The van der Waals surface area contributed by atoms with Gasteiger partial charge in [-0.05, 0) is 51.6 Å². The van der Waals surface area contributed by atoms with Gasteiger partial charge in [0.25, 0.3) is 0 Å². The Hall–Kier alpha value is -1.40. The summed E-state index contributed by atoms with van der Waals surface area (Å²) >= 11 is 0. The molecule has 138 valence electrons. The van der Waals surface area contributed by atoms with E-state index in [-0.39, 0.29) is 5.41 Å². The number of carbonyl (C=O) groups is 1. The van der Waals surface area contributed by atoms with Crippen molar-refractivity contribution in [2.24, 2.45) is 5.41 Å². The maximum Gasteiger partial charge on any atom is 0.230 e. The number of aromatic nitrogens is 2. The molecule has 0 radical (unpaired) electrons. The predicted octanol–water partition coefficient (Wildman–Crippen LogP) is 1.77. The molecule has 1 atom stereocenters. The molecule has 0 saturated carbocycles. The van der Waals surface area contributed by atoms with Crippen LogP contribution in [-0.4, -0.2) is 70.7 Å². The van der Waals surface area contributed by atoms with Gasteiger partial charge in [0.05, 0.1) is 11.7 Å². The molecule has 3 aliphatic heterocycles. The summed E-state index contributed by atoms with van der Waals surface area (Å²) < 4.78 is 7.61. The fourth-order valence-electron chi connectivity index (χ4n) is 4.87. The lowest BCUT2D eigenvalue weighted by Crippen LogP contribution is -2.54. The number of rotatable bonds is 5. The molecule has 3 fully saturated rings. The largest absolute Gasteiger partial charge is 0.381 e. The number of carbonyl (C=O) groups excluding carboxylic acids is 1. The SMILES string of the molecule is O=C1N(C2CCOCC2)CCCC12CCN(CCCn1ccnc1)C2. The first-order chi connectivity index (χ1) is 12.3. The van der Waals surface area contributed by atoms with Gasteiger partial charge in [0.1, 0.15) is 0 Å². The van der Waals surface area contributed by atoms with E-state index in [4.69, 9.17) is 4.74 Å². The van der Waals surface area contributed by atoms with Crippen molar-refractivity contribution in [1.29, 1.82) is 0 Å². The van der Waals surface area contributed by atoms with E-state index < -0.39 is 0 Å². The second-order valence-electron chi connectivity index (χ2n) is 7.91. The molecule has 3 aliphatic rings. The Morgan fingerprint density at radius 3 is 2.88 bits per heavy atom. The molecule has 0 aliphatic carbocycles. The average molecular weight is 346 g/mol. The van der Waals surface area contributed by atoms with Crippen LogP contribution in [0.2, 0.25) is 0 Å². The standard InChI is InChI=1S/C19H30N4O2/c24-18-19(5-1-10-23(18)17-3-13-25-14-4-17)6-11-21(15-19)8-2-9-22-12-7-20-16-22/h7,12,16-17H,1-6,8-11,13-15H2. The maximum atomic E-state index is 13.3. The van der Waals surface area contributed by atoms with Crippen molar-refractivity contribution in [3.8, 4) is 0 Å². The molecule has 1 unspecified atom stereocenters. The minimum Gasteiger partial charge on any atom is -0.381 e. The van der Waals surface area contributed by atoms with Crippen molar-refractivity contribution in [3.05, 3.63) is 18.7 Å². The van der Waals surface area contributed by atoms with Crippen LogP contribution in [0.4, 0.5) is 0 Å². The van der Waals surface area contributed by atoms with Crippen molar-refractivity contribution in [1.82, 2.24) is 19.4 Å². The van der Waals surface area contributed by atoms with Crippen molar-refractivity contribution in [3.63, 3.8) is 0 Å². The zero-order chi connectivity index (χ0) is 17.1. The number of imidazole rings is 1. The van der Waals surface area contributed by atoms with Crippen LogP contribution < -0.4 is 0 Å². The summed E-state index contributed by atoms with van der Waals surface area (Å²) in [6.45, 7) is 6.67. The van der Waals surface area contributed by atoms with E-state index in [0.29, 0.717) is 11.9 Å². The zero-order valence-electron chi connectivity index (χ0n) is 15.1. The van der Waals surface area contributed by atoms with Gasteiger partial charge in [-0.1, -0.05) is 0 Å². The van der Waals surface area contributed by atoms with Gasteiger partial charge in [-0.15, -0.1) is 0 Å². The molecule has 1 amide bonds. The number of ether oxygens (including phenoxy) is 1. The highest BCUT2D eigenvalue weighted by atomic mass is 16.5. The van der Waals surface area contributed by atoms with Crippen molar-refractivity contribution < 1.29 is 9.53 Å². The molecular weight excluding hydrogens is 316 g/mol. The third-order valence-electron chi connectivity index (χ3n) is 6.28. The monoisotopic (exact) mass is 346 g/mol. The molecule has 4 heterocycles. The van der Waals surface area contributed by atoms with Gasteiger partial charge in [-0.25, -0.2) is 4.98 Å². The lowest BCUT2D eigenvalue weighted by Gasteiger charge is -2.44. The predicted molar refractivity (Wildman–Crippen MR) is 95.1 cm³/mol. The number of piperidine rings is 1. The lowest BCUT2D eigenvalue weighted by atomic mass is 9.77. The molecule has 1 spiro atoms. The normalized spacial score (nSPS) is 29.0. The Morgan fingerprint density at radius 1 is 1.20 bits per heavy atom. The smallest absolute Gasteiger partial charge is 0.230 e. The van der Waals surface area contributed by atoms with Gasteiger partial charge in [-0.2, -0.15) is 0 Å². The first-order valence-electron chi connectivity index (χ1n) is 9.84. The Balaban J connectivity index is 1.32. The lowest BCUT2D eigenvalue weighted by molar-refractivity contribution is -0.150. The maximum absolute atomic E-state index is 13.3. The third-order valence-corrected chi connectivity index (χ3v) is 6.28. The molecule has 0 bridgehead atoms. The third kappa shape index (κ3) is 3.60. The second kappa shape index (κ2) is 7.46. The molecule has 1 aromatic heterocycles. The van der Waals surface area contributed by atoms with Gasteiger partial charge < -0.3 is 19.1 Å². The second-order valence-corrected chi connectivity index (χ2v) is 7.91. The average Bonchev–Trinajstić information content (AvgIpc) is 3.29. The van der Waals surface area contributed by atoms with Crippen molar-refractivity contribution in [2.75, 3.05) is 39.4 Å². The van der Waals surface area contributed by atoms with Crippen LogP contribution in [0.15, 0.2) is 18.7 Å². The highest BCUT2D eigenvalue weighted by molar-refractivity contribution is 5.84. The van der Waals surface area contributed by atoms with E-state index in [2.05, 4.69) is 19.4 Å². The van der Waals surface area contributed by atoms with E-state index in [1.807, 2.05) is 18.7 Å². The van der Waals surface area contributed by atoms with Crippen LogP contribution in [-0.2, 0) is 16.1 Å². The fraction of sp³-hybridized carbons (Fsp3) is 0.789. The van der Waals surface area contributed by atoms with Gasteiger partial charge in [0.15, 0.2) is 0 Å². The number of aryl methyl sites for hydroxylation is 1. The Labute approximate surface area is 150 Å². The Bertz CT molecular complexity index is 570. The van der Waals surface area contributed by atoms with Crippen LogP contribution in [0.3, 0.4) is 0 Å². The van der Waals surface area contributed by atoms with Crippen LogP contribution in [0.5, 0.6) is 0 Å². The minimum atomic E-state index is -0.106. The summed E-state index contributed by atoms with van der Waals surface area (Å²) in [6, 6.07) is 0.411. The van der Waals surface area contributed by atoms with E-state index in [0.717, 1.165) is 84.5 Å². The van der Waals surface area contributed by atoms with Gasteiger partial charge in [0, 0.05) is 51.3 Å². The van der Waals surface area contributed by atoms with Crippen LogP contribution in [0.1, 0.15) is 38.5 Å². The minimum absolute atomic E-state index is 0.106. The number of amides is 1. The highest BCUT2D eigenvalue weighted by Crippen LogP contribution is 2.41. The summed E-state index contributed by atoms with van der Waals surface area (Å²) in [7, 11) is 0. The molecule has 6 heteroatoms. The molecule has 1 aromatic rings. The van der Waals surface area contributed by atoms with E-state index >= 15 is 0 Å². The summed E-state index contributed by atoms with van der Waals surface area (Å²) in [6.07, 6.45) is 12.1. The number of likely N-dealkylation sites (tertiary alicyclic amines) is 2. The number of hydrogen-bond acceptors (Lipinski definition) is 4. The molecule has 3 saturated heterocycles. The summed E-state index contributed by atoms with van der Waals surface area (Å²) in [5.41, 5.74) is -0.106. The van der Waals surface area contributed by atoms with Crippen LogP contribution in [0, 0.1) is 5.41 Å². The fourth-order valence-corrected chi connectivity index (χ4v) is 4.87. The molecule has 25 heavy (non-hydrogen) atoms. The van der Waals surface area contributed by atoms with E-state index in [1.165, 1.54) is 0 Å². The first kappa shape index (κ1) is 17.0. The molecule has 4 rings (SSSR count). The quantitative estimate of drug-likeness (QED) is 0.815. The van der Waals surface area contributed by atoms with E-state index in [1.54, 1.807) is 0 Å². The summed E-state index contributed by atoms with van der Waals surface area (Å²) in [5.74, 6) is 0.433. The number of nitrogens with zero attached hydrogens (tertiary/aromatic N) is 4. The van der Waals surface area contributed by atoms with Crippen molar-refractivity contribution >= 4 is 5.91 Å². The van der Waals surface area contributed by atoms with Crippen LogP contribution >= 0.6 is 0 Å². The van der Waals surface area contributed by atoms with Gasteiger partial charge >= 0.3 is 0 Å². The molecule has 6 nitrogen and oxygen atoms in total. The van der Waals surface area contributed by atoms with Gasteiger partial charge in [-0.3, -0.25) is 4.79 Å². The molecular formula is C19H30N4O2. The van der Waals surface area contributed by atoms with Crippen LogP contribution in [0.25, 0.3) is 0 Å². The van der Waals surface area contributed by atoms with Gasteiger partial charge in [0.2, 0.25) is 5.91 Å². The summed E-state index contributed by atoms with van der Waals surface area (Å²) in [4.78, 5) is 22.1. The summed E-state index contributed by atoms with van der Waals surface area (Å²) in [5, 5.41) is 0. The Kier molecular flexibility index (Phi) is 5.08. The first-order valence-corrected chi connectivity index (χ1v) is 9.84. The molecule has 0 N–H and O–H groups in total. The zero-order valence-corrected chi connectivity index (χ0v) is 15.1. The number of hydrogen-bond donors (Lipinski definition) is 0. The topological polar surface area (TPSA) is 50.6 Å². The van der Waals surface area contributed by atoms with Crippen molar-refractivity contribution in [2.45, 2.75) is 51.1 Å². The van der Waals surface area contributed by atoms with E-state index in [9.17, 15) is 4.79 Å². The Morgan fingerprint density at radius 2 is 2.08 bits per heavy atom. The molecule has 0 aromatic carbocycles. The highest BCUT2D eigenvalue weighted by Gasteiger charge is 2.49.